The summed E-state index contributed by atoms with van der Waals surface area (Å²) in [5.74, 6) is 0.716. The average molecular weight is 227 g/mol. The lowest BCUT2D eigenvalue weighted by Gasteiger charge is -2.03. The Balaban J connectivity index is 1.81. The second-order valence-electron chi connectivity index (χ2n) is 4.66. The van der Waals surface area contributed by atoms with Crippen LogP contribution in [0.3, 0.4) is 0 Å². The van der Waals surface area contributed by atoms with E-state index >= 15 is 0 Å². The van der Waals surface area contributed by atoms with E-state index in [0.717, 1.165) is 12.1 Å². The Morgan fingerprint density at radius 1 is 1.18 bits per heavy atom. The highest BCUT2D eigenvalue weighted by Crippen LogP contribution is 2.38. The lowest BCUT2D eigenvalue weighted by Crippen LogP contribution is -2.03. The first-order chi connectivity index (χ1) is 8.36. The third-order valence-corrected chi connectivity index (χ3v) is 3.24. The van der Waals surface area contributed by atoms with Gasteiger partial charge in [0.2, 0.25) is 0 Å². The predicted octanol–water partition coefficient (Wildman–Crippen LogP) is 2.25. The second-order valence-corrected chi connectivity index (χ2v) is 4.66. The van der Waals surface area contributed by atoms with E-state index in [2.05, 4.69) is 35.4 Å². The molecule has 1 saturated carbocycles. The smallest absolute Gasteiger partial charge is 0.0659 e. The summed E-state index contributed by atoms with van der Waals surface area (Å²) in [5, 5.41) is 4.61. The van der Waals surface area contributed by atoms with Crippen molar-refractivity contribution in [3.63, 3.8) is 0 Å². The van der Waals surface area contributed by atoms with Gasteiger partial charge >= 0.3 is 0 Å². The molecule has 3 rings (SSSR count). The molecule has 0 saturated heterocycles. The Morgan fingerprint density at radius 2 is 1.94 bits per heavy atom. The molecule has 17 heavy (non-hydrogen) atoms. The van der Waals surface area contributed by atoms with Crippen LogP contribution in [-0.4, -0.2) is 16.3 Å². The molecule has 1 aromatic heterocycles. The normalized spacial score (nSPS) is 15.1. The maximum atomic E-state index is 5.54. The maximum absolute atomic E-state index is 5.54. The highest BCUT2D eigenvalue weighted by Gasteiger charge is 2.25. The number of nitrogens with two attached hydrogens (primary N) is 1. The van der Waals surface area contributed by atoms with Crippen LogP contribution in [0.15, 0.2) is 36.5 Å². The van der Waals surface area contributed by atoms with Gasteiger partial charge in [-0.15, -0.1) is 0 Å². The van der Waals surface area contributed by atoms with Crippen molar-refractivity contribution in [1.82, 2.24) is 9.78 Å². The van der Waals surface area contributed by atoms with Gasteiger partial charge in [-0.05, 0) is 49.6 Å². The molecular weight excluding hydrogens is 210 g/mol. The van der Waals surface area contributed by atoms with Gasteiger partial charge in [0.15, 0.2) is 0 Å². The highest BCUT2D eigenvalue weighted by molar-refractivity contribution is 5.34. The number of benzene rings is 1. The molecular formula is C14H17N3. The predicted molar refractivity (Wildman–Crippen MR) is 68.3 cm³/mol. The molecule has 0 bridgehead atoms. The summed E-state index contributed by atoms with van der Waals surface area (Å²) in [6.07, 6.45) is 5.58. The van der Waals surface area contributed by atoms with Crippen LogP contribution in [0, 0.1) is 0 Å². The first kappa shape index (κ1) is 10.5. The van der Waals surface area contributed by atoms with Crippen molar-refractivity contribution in [3.05, 3.63) is 47.8 Å². The van der Waals surface area contributed by atoms with E-state index in [9.17, 15) is 0 Å². The molecule has 0 spiro atoms. The average Bonchev–Trinajstić information content (AvgIpc) is 3.09. The van der Waals surface area contributed by atoms with Crippen LogP contribution in [-0.2, 0) is 6.42 Å². The summed E-state index contributed by atoms with van der Waals surface area (Å²) >= 11 is 0. The molecule has 1 heterocycles. The summed E-state index contributed by atoms with van der Waals surface area (Å²) in [6, 6.07) is 10.6. The molecule has 2 N–H and O–H groups in total. The van der Waals surface area contributed by atoms with Crippen LogP contribution < -0.4 is 5.73 Å². The minimum Gasteiger partial charge on any atom is -0.330 e. The lowest BCUT2D eigenvalue weighted by molar-refractivity contribution is 0.836. The second kappa shape index (κ2) is 4.34. The molecule has 0 amide bonds. The number of hydrogen-bond acceptors (Lipinski definition) is 2. The zero-order chi connectivity index (χ0) is 11.7. The molecule has 1 fully saturated rings. The fraction of sp³-hybridized carbons (Fsp3) is 0.357. The van der Waals surface area contributed by atoms with Crippen LogP contribution in [0.2, 0.25) is 0 Å². The molecule has 3 heteroatoms. The van der Waals surface area contributed by atoms with Gasteiger partial charge in [-0.1, -0.05) is 12.1 Å². The van der Waals surface area contributed by atoms with Gasteiger partial charge in [0.05, 0.1) is 11.4 Å². The molecule has 2 aromatic rings. The summed E-state index contributed by atoms with van der Waals surface area (Å²) in [4.78, 5) is 0. The molecule has 88 valence electrons. The molecule has 0 unspecified atom stereocenters. The largest absolute Gasteiger partial charge is 0.330 e. The van der Waals surface area contributed by atoms with Crippen molar-refractivity contribution < 1.29 is 0 Å². The molecule has 3 nitrogen and oxygen atoms in total. The summed E-state index contributed by atoms with van der Waals surface area (Å²) in [6.45, 7) is 0.701. The van der Waals surface area contributed by atoms with Crippen LogP contribution >= 0.6 is 0 Å². The fourth-order valence-corrected chi connectivity index (χ4v) is 2.06. The van der Waals surface area contributed by atoms with Gasteiger partial charge in [0, 0.05) is 12.1 Å². The standard InChI is InChI=1S/C14H17N3/c15-9-7-11-1-5-13(6-2-11)17-10-8-14(16-17)12-3-4-12/h1-2,5-6,8,10,12H,3-4,7,9,15H2. The summed E-state index contributed by atoms with van der Waals surface area (Å²) in [5.41, 5.74) is 9.17. The molecule has 0 atom stereocenters. The quantitative estimate of drug-likeness (QED) is 0.870. The Kier molecular flexibility index (Phi) is 2.69. The van der Waals surface area contributed by atoms with Crippen LogP contribution in [0.1, 0.15) is 30.0 Å². The monoisotopic (exact) mass is 227 g/mol. The SMILES string of the molecule is NCCc1ccc(-n2ccc(C3CC3)n2)cc1. The molecule has 1 aliphatic carbocycles. The summed E-state index contributed by atoms with van der Waals surface area (Å²) < 4.78 is 1.96. The minimum atomic E-state index is 0.701. The van der Waals surface area contributed by atoms with Gasteiger partial charge in [-0.2, -0.15) is 5.10 Å². The zero-order valence-corrected chi connectivity index (χ0v) is 9.84. The van der Waals surface area contributed by atoms with Crippen LogP contribution in [0.4, 0.5) is 0 Å². The van der Waals surface area contributed by atoms with E-state index in [1.54, 1.807) is 0 Å². The number of hydrogen-bond donors (Lipinski definition) is 1. The van der Waals surface area contributed by atoms with Crippen molar-refractivity contribution in [1.29, 1.82) is 0 Å². The first-order valence-corrected chi connectivity index (χ1v) is 6.22. The van der Waals surface area contributed by atoms with Crippen molar-refractivity contribution in [2.45, 2.75) is 25.2 Å². The van der Waals surface area contributed by atoms with Gasteiger partial charge in [-0.3, -0.25) is 0 Å². The minimum absolute atomic E-state index is 0.701. The first-order valence-electron chi connectivity index (χ1n) is 6.22. The number of nitrogens with zero attached hydrogens (tertiary/aromatic N) is 2. The van der Waals surface area contributed by atoms with Crippen molar-refractivity contribution >= 4 is 0 Å². The van der Waals surface area contributed by atoms with E-state index in [0.29, 0.717) is 12.5 Å². The van der Waals surface area contributed by atoms with E-state index in [1.807, 2.05) is 10.9 Å². The third kappa shape index (κ3) is 2.24. The van der Waals surface area contributed by atoms with E-state index < -0.39 is 0 Å². The molecule has 1 aliphatic rings. The van der Waals surface area contributed by atoms with E-state index in [1.165, 1.54) is 24.1 Å². The Morgan fingerprint density at radius 3 is 2.59 bits per heavy atom. The fourth-order valence-electron chi connectivity index (χ4n) is 2.06. The Hall–Kier alpha value is -1.61. The van der Waals surface area contributed by atoms with Crippen molar-refractivity contribution in [2.24, 2.45) is 5.73 Å². The van der Waals surface area contributed by atoms with Crippen LogP contribution in [0.25, 0.3) is 5.69 Å². The summed E-state index contributed by atoms with van der Waals surface area (Å²) in [7, 11) is 0. The molecule has 1 aromatic carbocycles. The van der Waals surface area contributed by atoms with Gasteiger partial charge in [-0.25, -0.2) is 4.68 Å². The Labute approximate surface area is 101 Å². The molecule has 0 radical (unpaired) electrons. The van der Waals surface area contributed by atoms with E-state index in [-0.39, 0.29) is 0 Å². The number of aromatic nitrogens is 2. The van der Waals surface area contributed by atoms with E-state index in [4.69, 9.17) is 5.73 Å². The van der Waals surface area contributed by atoms with Gasteiger partial charge in [0.1, 0.15) is 0 Å². The lowest BCUT2D eigenvalue weighted by atomic mass is 10.1. The van der Waals surface area contributed by atoms with Crippen molar-refractivity contribution in [2.75, 3.05) is 6.54 Å². The zero-order valence-electron chi connectivity index (χ0n) is 9.84. The third-order valence-electron chi connectivity index (χ3n) is 3.24. The van der Waals surface area contributed by atoms with Crippen molar-refractivity contribution in [3.8, 4) is 5.69 Å². The maximum Gasteiger partial charge on any atom is 0.0659 e. The van der Waals surface area contributed by atoms with Gasteiger partial charge in [0.25, 0.3) is 0 Å². The van der Waals surface area contributed by atoms with Gasteiger partial charge < -0.3 is 5.73 Å². The van der Waals surface area contributed by atoms with Crippen LogP contribution in [0.5, 0.6) is 0 Å². The number of rotatable bonds is 4. The highest BCUT2D eigenvalue weighted by atomic mass is 15.3. The topological polar surface area (TPSA) is 43.8 Å². The Bertz CT molecular complexity index is 494. The molecule has 0 aliphatic heterocycles.